The third kappa shape index (κ3) is 5.53. The number of carbonyl (C=O) groups excluding carboxylic acids is 1. The molecule has 1 N–H and O–H groups in total. The number of rotatable bonds is 6. The van der Waals surface area contributed by atoms with E-state index in [1.807, 2.05) is 43.3 Å². The Morgan fingerprint density at radius 1 is 1.24 bits per heavy atom. The summed E-state index contributed by atoms with van der Waals surface area (Å²) in [5.74, 6) is 1.23. The first-order chi connectivity index (χ1) is 16.3. The summed E-state index contributed by atoms with van der Waals surface area (Å²) in [5.41, 5.74) is 3.61. The molecule has 0 saturated carbocycles. The van der Waals surface area contributed by atoms with E-state index in [1.54, 1.807) is 29.7 Å². The minimum atomic E-state index is -0.140. The smallest absolute Gasteiger partial charge is 0.259 e. The van der Waals surface area contributed by atoms with Crippen LogP contribution in [0.5, 0.6) is 5.75 Å². The van der Waals surface area contributed by atoms with Gasteiger partial charge in [-0.25, -0.2) is 4.99 Å². The highest BCUT2D eigenvalue weighted by Gasteiger charge is 2.33. The number of carbonyl (C=O) groups is 1. The summed E-state index contributed by atoms with van der Waals surface area (Å²) in [7, 11) is 0. The van der Waals surface area contributed by atoms with Gasteiger partial charge in [-0.05, 0) is 73.4 Å². The van der Waals surface area contributed by atoms with Crippen LogP contribution in [-0.2, 0) is 12.8 Å². The van der Waals surface area contributed by atoms with E-state index in [2.05, 4.69) is 26.1 Å². The van der Waals surface area contributed by atoms with Crippen LogP contribution in [0.1, 0.15) is 60.5 Å². The minimum Gasteiger partial charge on any atom is -0.493 e. The van der Waals surface area contributed by atoms with Crippen molar-refractivity contribution < 1.29 is 9.53 Å². The number of para-hydroxylation sites is 1. The molecule has 2 aromatic carbocycles. The molecule has 0 radical (unpaired) electrons. The quantitative estimate of drug-likeness (QED) is 0.353. The van der Waals surface area contributed by atoms with E-state index in [4.69, 9.17) is 21.3 Å². The number of nitrogens with zero attached hydrogens (tertiary/aromatic N) is 1. The summed E-state index contributed by atoms with van der Waals surface area (Å²) in [5, 5.41) is 4.36. The van der Waals surface area contributed by atoms with Crippen LogP contribution in [0.25, 0.3) is 0 Å². The maximum Gasteiger partial charge on any atom is 0.259 e. The SMILES string of the molecule is CCOc1ccccc1C=Nc1sc2c(c1C(=O)Nc1cccc(Cl)c1)CCC(C(C)(C)C)C2. The van der Waals surface area contributed by atoms with Gasteiger partial charge in [0, 0.05) is 27.4 Å². The fourth-order valence-corrected chi connectivity index (χ4v) is 5.86. The van der Waals surface area contributed by atoms with Crippen molar-refractivity contribution in [3.05, 3.63) is 75.1 Å². The molecule has 34 heavy (non-hydrogen) atoms. The van der Waals surface area contributed by atoms with Crippen LogP contribution in [0.2, 0.25) is 5.02 Å². The Hall–Kier alpha value is -2.63. The van der Waals surface area contributed by atoms with Gasteiger partial charge < -0.3 is 10.1 Å². The Morgan fingerprint density at radius 2 is 2.03 bits per heavy atom. The van der Waals surface area contributed by atoms with E-state index >= 15 is 0 Å². The summed E-state index contributed by atoms with van der Waals surface area (Å²) < 4.78 is 5.75. The second-order valence-corrected chi connectivity index (χ2v) is 11.2. The second-order valence-electron chi connectivity index (χ2n) is 9.68. The average Bonchev–Trinajstić information content (AvgIpc) is 3.16. The van der Waals surface area contributed by atoms with Crippen molar-refractivity contribution in [2.75, 3.05) is 11.9 Å². The lowest BCUT2D eigenvalue weighted by atomic mass is 9.72. The summed E-state index contributed by atoms with van der Waals surface area (Å²) in [6, 6.07) is 15.1. The van der Waals surface area contributed by atoms with Crippen LogP contribution < -0.4 is 10.1 Å². The van der Waals surface area contributed by atoms with Crippen molar-refractivity contribution in [1.82, 2.24) is 0 Å². The molecule has 6 heteroatoms. The summed E-state index contributed by atoms with van der Waals surface area (Å²) in [6.07, 6.45) is 4.74. The van der Waals surface area contributed by atoms with Gasteiger partial charge in [-0.2, -0.15) is 0 Å². The molecule has 3 aromatic rings. The number of fused-ring (bicyclic) bond motifs is 1. The van der Waals surface area contributed by atoms with Crippen molar-refractivity contribution in [2.24, 2.45) is 16.3 Å². The fraction of sp³-hybridized carbons (Fsp3) is 0.357. The van der Waals surface area contributed by atoms with Gasteiger partial charge >= 0.3 is 0 Å². The van der Waals surface area contributed by atoms with Crippen LogP contribution >= 0.6 is 22.9 Å². The Morgan fingerprint density at radius 3 is 2.76 bits per heavy atom. The van der Waals surface area contributed by atoms with E-state index in [0.29, 0.717) is 28.8 Å². The molecule has 1 aromatic heterocycles. The third-order valence-electron chi connectivity index (χ3n) is 6.32. The highest BCUT2D eigenvalue weighted by molar-refractivity contribution is 7.16. The first-order valence-corrected chi connectivity index (χ1v) is 12.9. The zero-order chi connectivity index (χ0) is 24.3. The topological polar surface area (TPSA) is 50.7 Å². The Labute approximate surface area is 211 Å². The number of hydrogen-bond acceptors (Lipinski definition) is 4. The van der Waals surface area contributed by atoms with E-state index in [1.165, 1.54) is 4.88 Å². The van der Waals surface area contributed by atoms with Gasteiger partial charge in [-0.15, -0.1) is 11.3 Å². The largest absolute Gasteiger partial charge is 0.493 e. The van der Waals surface area contributed by atoms with Gasteiger partial charge in [0.25, 0.3) is 5.91 Å². The molecule has 4 nitrogen and oxygen atoms in total. The van der Waals surface area contributed by atoms with Gasteiger partial charge in [0.05, 0.1) is 12.2 Å². The van der Waals surface area contributed by atoms with Crippen LogP contribution in [0.15, 0.2) is 53.5 Å². The zero-order valence-corrected chi connectivity index (χ0v) is 21.7. The average molecular weight is 495 g/mol. The molecule has 1 heterocycles. The second kappa shape index (κ2) is 10.3. The van der Waals surface area contributed by atoms with Gasteiger partial charge in [0.2, 0.25) is 0 Å². The normalized spacial score (nSPS) is 15.9. The number of thiophene rings is 1. The summed E-state index contributed by atoms with van der Waals surface area (Å²) in [6.45, 7) is 9.44. The number of amides is 1. The van der Waals surface area contributed by atoms with Gasteiger partial charge in [-0.1, -0.05) is 50.6 Å². The number of benzene rings is 2. The van der Waals surface area contributed by atoms with Gasteiger partial charge in [-0.3, -0.25) is 4.79 Å². The first kappa shape index (κ1) is 24.5. The molecule has 1 amide bonds. The third-order valence-corrected chi connectivity index (χ3v) is 7.72. The molecule has 1 aliphatic rings. The monoisotopic (exact) mass is 494 g/mol. The lowest BCUT2D eigenvalue weighted by Gasteiger charge is -2.33. The van der Waals surface area contributed by atoms with E-state index in [9.17, 15) is 4.79 Å². The number of nitrogens with one attached hydrogen (secondary N) is 1. The number of aliphatic imine (C=N–C) groups is 1. The molecule has 4 rings (SSSR count). The van der Waals surface area contributed by atoms with Gasteiger partial charge in [0.15, 0.2) is 0 Å². The van der Waals surface area contributed by atoms with Gasteiger partial charge in [0.1, 0.15) is 10.8 Å². The number of ether oxygens (including phenoxy) is 1. The predicted octanol–water partition coefficient (Wildman–Crippen LogP) is 7.95. The van der Waals surface area contributed by atoms with Crippen LogP contribution in [0, 0.1) is 11.3 Å². The number of hydrogen-bond donors (Lipinski definition) is 1. The van der Waals surface area contributed by atoms with E-state index in [0.717, 1.165) is 41.1 Å². The van der Waals surface area contributed by atoms with E-state index < -0.39 is 0 Å². The molecule has 0 spiro atoms. The molecule has 0 fully saturated rings. The minimum absolute atomic E-state index is 0.140. The first-order valence-electron chi connectivity index (χ1n) is 11.7. The molecule has 0 saturated heterocycles. The molecule has 0 bridgehead atoms. The summed E-state index contributed by atoms with van der Waals surface area (Å²) >= 11 is 7.77. The molecule has 1 aliphatic carbocycles. The molecule has 1 unspecified atom stereocenters. The predicted molar refractivity (Wildman–Crippen MR) is 144 cm³/mol. The molecule has 1 atom stereocenters. The Bertz CT molecular complexity index is 1210. The standard InChI is InChI=1S/C28H31ClN2O2S/c1-5-33-23-12-7-6-9-18(23)17-30-27-25(26(32)31-21-11-8-10-20(29)16-21)22-14-13-19(28(2,3)4)15-24(22)34-27/h6-12,16-17,19H,5,13-15H2,1-4H3,(H,31,32). The van der Waals surface area contributed by atoms with E-state index in [-0.39, 0.29) is 11.3 Å². The Balaban J connectivity index is 1.72. The number of halogens is 1. The summed E-state index contributed by atoms with van der Waals surface area (Å²) in [4.78, 5) is 19.6. The van der Waals surface area contributed by atoms with Crippen molar-refractivity contribution in [3.8, 4) is 5.75 Å². The van der Waals surface area contributed by atoms with Crippen molar-refractivity contribution in [1.29, 1.82) is 0 Å². The molecular weight excluding hydrogens is 464 g/mol. The van der Waals surface area contributed by atoms with Crippen LogP contribution in [0.3, 0.4) is 0 Å². The van der Waals surface area contributed by atoms with Crippen LogP contribution in [0.4, 0.5) is 10.7 Å². The fourth-order valence-electron chi connectivity index (χ4n) is 4.40. The Kier molecular flexibility index (Phi) is 7.44. The zero-order valence-electron chi connectivity index (χ0n) is 20.2. The van der Waals surface area contributed by atoms with Crippen molar-refractivity contribution >= 4 is 45.7 Å². The number of anilines is 1. The molecular formula is C28H31ClN2O2S. The van der Waals surface area contributed by atoms with Crippen LogP contribution in [-0.4, -0.2) is 18.7 Å². The lowest BCUT2D eigenvalue weighted by molar-refractivity contribution is 0.102. The van der Waals surface area contributed by atoms with Crippen molar-refractivity contribution in [3.63, 3.8) is 0 Å². The molecule has 0 aliphatic heterocycles. The lowest BCUT2D eigenvalue weighted by Crippen LogP contribution is -2.27. The highest BCUT2D eigenvalue weighted by Crippen LogP contribution is 2.45. The maximum absolute atomic E-state index is 13.5. The maximum atomic E-state index is 13.5. The van der Waals surface area contributed by atoms with Crippen molar-refractivity contribution in [2.45, 2.75) is 47.0 Å². The molecule has 178 valence electrons. The highest BCUT2D eigenvalue weighted by atomic mass is 35.5.